The van der Waals surface area contributed by atoms with Gasteiger partial charge in [0, 0.05) is 0 Å². The Kier molecular flexibility index (Phi) is 3.37. The fourth-order valence-electron chi connectivity index (χ4n) is 1.02. The molecule has 0 aliphatic carbocycles. The molecule has 1 atom stereocenters. The number of esters is 1. The van der Waals surface area contributed by atoms with Gasteiger partial charge < -0.3 is 14.9 Å². The minimum absolute atomic E-state index is 0.278. The van der Waals surface area contributed by atoms with Crippen molar-refractivity contribution in [3.63, 3.8) is 0 Å². The first-order valence-electron chi connectivity index (χ1n) is 4.40. The van der Waals surface area contributed by atoms with Gasteiger partial charge >= 0.3 is 11.8 Å². The van der Waals surface area contributed by atoms with E-state index in [1.54, 1.807) is 13.8 Å². The maximum Gasteiger partial charge on any atom is 0.381 e. The normalized spacial score (nSPS) is 12.1. The molecular weight excluding hydrogens is 202 g/mol. The molecule has 0 spiro atoms. The molecule has 1 heterocycles. The first-order chi connectivity index (χ1) is 7.06. The maximum absolute atomic E-state index is 11.3. The summed E-state index contributed by atoms with van der Waals surface area (Å²) in [6, 6.07) is -0.605. The first-order valence-corrected chi connectivity index (χ1v) is 4.40. The van der Waals surface area contributed by atoms with E-state index in [2.05, 4.69) is 4.98 Å². The smallest absolute Gasteiger partial charge is 0.381 e. The van der Waals surface area contributed by atoms with Crippen LogP contribution in [0, 0.1) is 10.1 Å². The van der Waals surface area contributed by atoms with Gasteiger partial charge in [0.1, 0.15) is 12.2 Å². The van der Waals surface area contributed by atoms with Gasteiger partial charge in [-0.2, -0.15) is 0 Å². The quantitative estimate of drug-likeness (QED) is 0.421. The molecule has 1 aromatic heterocycles. The summed E-state index contributed by atoms with van der Waals surface area (Å²) in [5.41, 5.74) is 0. The van der Waals surface area contributed by atoms with Crippen molar-refractivity contribution in [3.05, 3.63) is 22.6 Å². The van der Waals surface area contributed by atoms with Gasteiger partial charge in [-0.25, -0.2) is 4.79 Å². The average Bonchev–Trinajstić information content (AvgIpc) is 2.65. The van der Waals surface area contributed by atoms with E-state index in [-0.39, 0.29) is 12.4 Å². The average molecular weight is 213 g/mol. The number of aromatic nitrogens is 2. The molecule has 0 amide bonds. The Morgan fingerprint density at radius 3 is 2.93 bits per heavy atom. The zero-order valence-corrected chi connectivity index (χ0v) is 8.41. The molecule has 0 radical (unpaired) electrons. The highest BCUT2D eigenvalue weighted by atomic mass is 16.6. The molecule has 0 aliphatic heterocycles. The number of rotatable bonds is 4. The number of imidazole rings is 1. The van der Waals surface area contributed by atoms with Crippen LogP contribution in [0.4, 0.5) is 5.82 Å². The van der Waals surface area contributed by atoms with Crippen molar-refractivity contribution in [1.29, 1.82) is 0 Å². The van der Waals surface area contributed by atoms with Crippen LogP contribution in [0.5, 0.6) is 0 Å². The number of nitrogens with zero attached hydrogens (tertiary/aromatic N) is 3. The lowest BCUT2D eigenvalue weighted by Gasteiger charge is -2.09. The third kappa shape index (κ3) is 2.52. The topological polar surface area (TPSA) is 87.3 Å². The van der Waals surface area contributed by atoms with Crippen LogP contribution in [0.2, 0.25) is 0 Å². The van der Waals surface area contributed by atoms with Crippen LogP contribution in [0.3, 0.4) is 0 Å². The minimum atomic E-state index is -0.617. The van der Waals surface area contributed by atoms with Crippen molar-refractivity contribution in [3.8, 4) is 0 Å². The third-order valence-electron chi connectivity index (χ3n) is 1.85. The number of carbonyl (C=O) groups excluding carboxylic acids is 1. The highest BCUT2D eigenvalue weighted by Crippen LogP contribution is 2.13. The number of nitro groups is 1. The van der Waals surface area contributed by atoms with E-state index < -0.39 is 16.9 Å². The second kappa shape index (κ2) is 4.54. The van der Waals surface area contributed by atoms with Gasteiger partial charge in [0.15, 0.2) is 0 Å². The minimum Gasteiger partial charge on any atom is -0.464 e. The van der Waals surface area contributed by atoms with Gasteiger partial charge in [0.2, 0.25) is 6.33 Å². The van der Waals surface area contributed by atoms with Crippen LogP contribution in [0.25, 0.3) is 0 Å². The number of hydrogen-bond acceptors (Lipinski definition) is 5. The van der Waals surface area contributed by atoms with E-state index in [4.69, 9.17) is 4.74 Å². The van der Waals surface area contributed by atoms with Gasteiger partial charge in [-0.05, 0) is 23.8 Å². The summed E-state index contributed by atoms with van der Waals surface area (Å²) in [5, 5.41) is 10.3. The van der Waals surface area contributed by atoms with Crippen LogP contribution in [-0.2, 0) is 9.53 Å². The Bertz CT molecular complexity index is 374. The zero-order chi connectivity index (χ0) is 11.4. The summed E-state index contributed by atoms with van der Waals surface area (Å²) in [6.07, 6.45) is 2.43. The van der Waals surface area contributed by atoms with E-state index in [0.29, 0.717) is 0 Å². The Morgan fingerprint density at radius 2 is 2.47 bits per heavy atom. The molecule has 0 fully saturated rings. The van der Waals surface area contributed by atoms with Crippen LogP contribution >= 0.6 is 0 Å². The molecular formula is C8H11N3O4. The van der Waals surface area contributed by atoms with Crippen LogP contribution < -0.4 is 0 Å². The van der Waals surface area contributed by atoms with Crippen molar-refractivity contribution < 1.29 is 14.5 Å². The van der Waals surface area contributed by atoms with Crippen molar-refractivity contribution in [2.75, 3.05) is 6.61 Å². The molecule has 15 heavy (non-hydrogen) atoms. The Hall–Kier alpha value is -1.92. The molecule has 7 nitrogen and oxygen atoms in total. The summed E-state index contributed by atoms with van der Waals surface area (Å²) in [7, 11) is 0. The maximum atomic E-state index is 11.3. The Morgan fingerprint density at radius 1 is 1.80 bits per heavy atom. The second-order valence-corrected chi connectivity index (χ2v) is 2.86. The molecule has 1 aromatic rings. The standard InChI is InChI=1S/C8H11N3O4/c1-3-15-8(12)6(2)10-4-7(9-5-10)11(13)14/h4-6H,3H2,1-2H3. The molecule has 0 saturated heterocycles. The van der Waals surface area contributed by atoms with Gasteiger partial charge in [-0.1, -0.05) is 0 Å². The Balaban J connectivity index is 2.78. The lowest BCUT2D eigenvalue weighted by atomic mass is 10.3. The third-order valence-corrected chi connectivity index (χ3v) is 1.85. The molecule has 7 heteroatoms. The lowest BCUT2D eigenvalue weighted by molar-refractivity contribution is -0.389. The van der Waals surface area contributed by atoms with E-state index >= 15 is 0 Å². The largest absolute Gasteiger partial charge is 0.464 e. The highest BCUT2D eigenvalue weighted by molar-refractivity contribution is 5.73. The van der Waals surface area contributed by atoms with Crippen molar-refractivity contribution in [2.24, 2.45) is 0 Å². The number of hydrogen-bond donors (Lipinski definition) is 0. The SMILES string of the molecule is CCOC(=O)C(C)n1cnc([N+](=O)[O-])c1. The molecule has 0 N–H and O–H groups in total. The van der Waals surface area contributed by atoms with Crippen molar-refractivity contribution in [1.82, 2.24) is 9.55 Å². The summed E-state index contributed by atoms with van der Waals surface area (Å²) in [5.74, 6) is -0.726. The van der Waals surface area contributed by atoms with Crippen molar-refractivity contribution in [2.45, 2.75) is 19.9 Å². The summed E-state index contributed by atoms with van der Waals surface area (Å²) in [6.45, 7) is 3.56. The predicted octanol–water partition coefficient (Wildman–Crippen LogP) is 0.915. The summed E-state index contributed by atoms with van der Waals surface area (Å²) in [4.78, 5) is 24.5. The van der Waals surface area contributed by atoms with E-state index in [1.165, 1.54) is 17.1 Å². The lowest BCUT2D eigenvalue weighted by Crippen LogP contribution is -2.17. The molecule has 0 bridgehead atoms. The van der Waals surface area contributed by atoms with E-state index in [0.717, 1.165) is 0 Å². The van der Waals surface area contributed by atoms with E-state index in [1.807, 2.05) is 0 Å². The van der Waals surface area contributed by atoms with Crippen LogP contribution in [0.1, 0.15) is 19.9 Å². The predicted molar refractivity (Wildman–Crippen MR) is 50.2 cm³/mol. The number of ether oxygens (including phenoxy) is 1. The summed E-state index contributed by atoms with van der Waals surface area (Å²) >= 11 is 0. The Labute approximate surface area is 85.8 Å². The van der Waals surface area contributed by atoms with Gasteiger partial charge in [-0.15, -0.1) is 0 Å². The van der Waals surface area contributed by atoms with Crippen molar-refractivity contribution >= 4 is 11.8 Å². The molecule has 0 aliphatic rings. The van der Waals surface area contributed by atoms with Crippen LogP contribution in [-0.4, -0.2) is 27.1 Å². The highest BCUT2D eigenvalue weighted by Gasteiger charge is 2.20. The molecule has 0 saturated carbocycles. The summed E-state index contributed by atoms with van der Waals surface area (Å²) < 4.78 is 6.11. The molecule has 0 aromatic carbocycles. The molecule has 1 unspecified atom stereocenters. The fourth-order valence-corrected chi connectivity index (χ4v) is 1.02. The monoisotopic (exact) mass is 213 g/mol. The zero-order valence-electron chi connectivity index (χ0n) is 8.41. The second-order valence-electron chi connectivity index (χ2n) is 2.86. The first kappa shape index (κ1) is 11.2. The molecule has 82 valence electrons. The fraction of sp³-hybridized carbons (Fsp3) is 0.500. The number of carbonyl (C=O) groups is 1. The van der Waals surface area contributed by atoms with Gasteiger partial charge in [0.05, 0.1) is 6.61 Å². The van der Waals surface area contributed by atoms with Crippen LogP contribution in [0.15, 0.2) is 12.5 Å². The van der Waals surface area contributed by atoms with E-state index in [9.17, 15) is 14.9 Å². The van der Waals surface area contributed by atoms with Gasteiger partial charge in [-0.3, -0.25) is 4.57 Å². The molecule has 1 rings (SSSR count). The van der Waals surface area contributed by atoms with Gasteiger partial charge in [0.25, 0.3) is 0 Å².